The summed E-state index contributed by atoms with van der Waals surface area (Å²) in [6, 6.07) is 17.2. The first-order chi connectivity index (χ1) is 16.1. The summed E-state index contributed by atoms with van der Waals surface area (Å²) in [5.41, 5.74) is 9.42. The average Bonchev–Trinajstić information content (AvgIpc) is 2.85. The van der Waals surface area contributed by atoms with Crippen molar-refractivity contribution in [1.29, 1.82) is 5.26 Å². The summed E-state index contributed by atoms with van der Waals surface area (Å²) >= 11 is 0. The van der Waals surface area contributed by atoms with Crippen LogP contribution in [0, 0.1) is 11.3 Å². The van der Waals surface area contributed by atoms with Gasteiger partial charge in [0.15, 0.2) is 0 Å². The van der Waals surface area contributed by atoms with E-state index in [4.69, 9.17) is 19.9 Å². The fourth-order valence-corrected chi connectivity index (χ4v) is 3.69. The Kier molecular flexibility index (Phi) is 8.54. The molecular weight excluding hydrogens is 414 g/mol. The zero-order chi connectivity index (χ0) is 23.6. The highest BCUT2D eigenvalue weighted by molar-refractivity contribution is 5.82. The number of unbranched alkanes of at least 4 members (excludes halogenated alkanes) is 4. The van der Waals surface area contributed by atoms with Crippen molar-refractivity contribution in [3.05, 3.63) is 54.1 Å². The van der Waals surface area contributed by atoms with Gasteiger partial charge in [-0.3, -0.25) is 0 Å². The van der Waals surface area contributed by atoms with E-state index in [0.29, 0.717) is 34.9 Å². The lowest BCUT2D eigenvalue weighted by Crippen LogP contribution is -2.01. The molecule has 1 aromatic heterocycles. The number of nitrogens with zero attached hydrogens (tertiary/aromatic N) is 2. The molecule has 1 heterocycles. The Morgan fingerprint density at radius 1 is 0.879 bits per heavy atom. The number of nitriles is 1. The molecule has 0 aliphatic heterocycles. The van der Waals surface area contributed by atoms with Crippen LogP contribution in [0.5, 0.6) is 17.2 Å². The van der Waals surface area contributed by atoms with Crippen LogP contribution in [0.3, 0.4) is 0 Å². The lowest BCUT2D eigenvalue weighted by atomic mass is 9.98. The quantitative estimate of drug-likeness (QED) is 0.352. The molecular formula is C27H31N3O3. The molecule has 172 valence electrons. The van der Waals surface area contributed by atoms with Crippen LogP contribution in [0.25, 0.3) is 22.4 Å². The number of nitrogen functional groups attached to an aromatic ring is 1. The van der Waals surface area contributed by atoms with E-state index >= 15 is 0 Å². The first kappa shape index (κ1) is 23.9. The Morgan fingerprint density at radius 2 is 1.61 bits per heavy atom. The second-order valence-electron chi connectivity index (χ2n) is 7.78. The Balaban J connectivity index is 1.88. The number of hydrogen-bond donors (Lipinski definition) is 1. The van der Waals surface area contributed by atoms with Crippen molar-refractivity contribution >= 4 is 5.82 Å². The number of nitrogens with two attached hydrogens (primary N) is 1. The van der Waals surface area contributed by atoms with E-state index in [1.54, 1.807) is 14.2 Å². The number of rotatable bonds is 11. The predicted octanol–water partition coefficient (Wildman–Crippen LogP) is 6.24. The molecule has 0 atom stereocenters. The minimum Gasteiger partial charge on any atom is -0.497 e. The van der Waals surface area contributed by atoms with Gasteiger partial charge in [-0.05, 0) is 48.4 Å². The van der Waals surface area contributed by atoms with Gasteiger partial charge in [-0.2, -0.15) is 5.26 Å². The third-order valence-corrected chi connectivity index (χ3v) is 5.52. The lowest BCUT2D eigenvalue weighted by Gasteiger charge is -2.14. The van der Waals surface area contributed by atoms with E-state index in [1.807, 2.05) is 48.5 Å². The molecule has 0 bridgehead atoms. The highest BCUT2D eigenvalue weighted by Gasteiger charge is 2.16. The number of pyridine rings is 1. The monoisotopic (exact) mass is 445 g/mol. The molecule has 0 saturated heterocycles. The molecule has 0 saturated carbocycles. The minimum absolute atomic E-state index is 0.169. The van der Waals surface area contributed by atoms with E-state index in [1.165, 1.54) is 25.7 Å². The van der Waals surface area contributed by atoms with Crippen molar-refractivity contribution in [2.45, 2.75) is 39.0 Å². The van der Waals surface area contributed by atoms with Gasteiger partial charge in [0.05, 0.1) is 26.5 Å². The summed E-state index contributed by atoms with van der Waals surface area (Å²) in [5.74, 6) is 2.29. The summed E-state index contributed by atoms with van der Waals surface area (Å²) in [5, 5.41) is 9.73. The molecule has 0 radical (unpaired) electrons. The Morgan fingerprint density at radius 3 is 2.27 bits per heavy atom. The molecule has 6 heteroatoms. The number of anilines is 1. The molecule has 3 rings (SSSR count). The van der Waals surface area contributed by atoms with Crippen molar-refractivity contribution in [3.8, 4) is 45.7 Å². The van der Waals surface area contributed by atoms with Gasteiger partial charge in [-0.15, -0.1) is 0 Å². The first-order valence-electron chi connectivity index (χ1n) is 11.3. The van der Waals surface area contributed by atoms with Crippen LogP contribution in [-0.4, -0.2) is 25.8 Å². The molecule has 3 aromatic rings. The Labute approximate surface area is 195 Å². The summed E-state index contributed by atoms with van der Waals surface area (Å²) in [6.45, 7) is 2.91. The maximum absolute atomic E-state index is 9.73. The number of ether oxygens (including phenoxy) is 3. The molecule has 0 aliphatic rings. The van der Waals surface area contributed by atoms with Crippen molar-refractivity contribution in [1.82, 2.24) is 4.98 Å². The van der Waals surface area contributed by atoms with E-state index in [9.17, 15) is 5.26 Å². The van der Waals surface area contributed by atoms with Crippen molar-refractivity contribution < 1.29 is 14.2 Å². The highest BCUT2D eigenvalue weighted by Crippen LogP contribution is 2.37. The Hall–Kier alpha value is -3.72. The third-order valence-electron chi connectivity index (χ3n) is 5.52. The first-order valence-corrected chi connectivity index (χ1v) is 11.3. The summed E-state index contributed by atoms with van der Waals surface area (Å²) in [7, 11) is 3.20. The summed E-state index contributed by atoms with van der Waals surface area (Å²) in [4.78, 5) is 4.47. The van der Waals surface area contributed by atoms with Gasteiger partial charge in [0, 0.05) is 11.1 Å². The molecule has 2 aromatic carbocycles. The van der Waals surface area contributed by atoms with Crippen LogP contribution in [0.15, 0.2) is 48.5 Å². The van der Waals surface area contributed by atoms with Crippen LogP contribution in [0.1, 0.15) is 44.6 Å². The summed E-state index contributed by atoms with van der Waals surface area (Å²) in [6.07, 6.45) is 5.99. The van der Waals surface area contributed by atoms with Gasteiger partial charge >= 0.3 is 0 Å². The second-order valence-corrected chi connectivity index (χ2v) is 7.78. The van der Waals surface area contributed by atoms with Gasteiger partial charge in [0.2, 0.25) is 0 Å². The minimum atomic E-state index is 0.169. The highest BCUT2D eigenvalue weighted by atomic mass is 16.5. The maximum Gasteiger partial charge on any atom is 0.142 e. The SMILES string of the molecule is CCCCCCCOc1ccc(-c2cc(-c3cc(OC)ccc3OC)nc(N)c2C#N)cc1. The largest absolute Gasteiger partial charge is 0.497 e. The van der Waals surface area contributed by atoms with Crippen LogP contribution >= 0.6 is 0 Å². The zero-order valence-electron chi connectivity index (χ0n) is 19.6. The number of methoxy groups -OCH3 is 2. The van der Waals surface area contributed by atoms with Crippen molar-refractivity contribution in [2.24, 2.45) is 0 Å². The van der Waals surface area contributed by atoms with Crippen molar-refractivity contribution in [2.75, 3.05) is 26.6 Å². The molecule has 0 amide bonds. The molecule has 6 nitrogen and oxygen atoms in total. The standard InChI is InChI=1S/C27H31N3O3/c1-4-5-6-7-8-15-33-20-11-9-19(10-12-20)22-17-25(30-27(29)24(22)18-28)23-16-21(31-2)13-14-26(23)32-3/h9-14,16-17H,4-8,15H2,1-3H3,(H2,29,30). The van der Waals surface area contributed by atoms with E-state index in [2.05, 4.69) is 18.0 Å². The molecule has 0 aliphatic carbocycles. The number of benzene rings is 2. The van der Waals surface area contributed by atoms with Crippen LogP contribution in [0.2, 0.25) is 0 Å². The molecule has 2 N–H and O–H groups in total. The molecule has 0 fully saturated rings. The topological polar surface area (TPSA) is 90.4 Å². The van der Waals surface area contributed by atoms with Crippen LogP contribution in [0.4, 0.5) is 5.82 Å². The van der Waals surface area contributed by atoms with Gasteiger partial charge in [-0.25, -0.2) is 4.98 Å². The van der Waals surface area contributed by atoms with E-state index in [-0.39, 0.29) is 5.82 Å². The number of hydrogen-bond acceptors (Lipinski definition) is 6. The number of aromatic nitrogens is 1. The third kappa shape index (κ3) is 5.95. The van der Waals surface area contributed by atoms with Gasteiger partial charge in [-0.1, -0.05) is 44.7 Å². The molecule has 0 spiro atoms. The Bertz CT molecular complexity index is 1100. The predicted molar refractivity (Wildman–Crippen MR) is 132 cm³/mol. The van der Waals surface area contributed by atoms with E-state index in [0.717, 1.165) is 23.3 Å². The van der Waals surface area contributed by atoms with E-state index < -0.39 is 0 Å². The van der Waals surface area contributed by atoms with Gasteiger partial charge < -0.3 is 19.9 Å². The summed E-state index contributed by atoms with van der Waals surface area (Å²) < 4.78 is 16.7. The normalized spacial score (nSPS) is 10.5. The zero-order valence-corrected chi connectivity index (χ0v) is 19.6. The van der Waals surface area contributed by atoms with Crippen LogP contribution < -0.4 is 19.9 Å². The van der Waals surface area contributed by atoms with Gasteiger partial charge in [0.25, 0.3) is 0 Å². The fraction of sp³-hybridized carbons (Fsp3) is 0.333. The van der Waals surface area contributed by atoms with Crippen molar-refractivity contribution in [3.63, 3.8) is 0 Å². The second kappa shape index (κ2) is 11.8. The fourth-order valence-electron chi connectivity index (χ4n) is 3.69. The molecule has 0 unspecified atom stereocenters. The van der Waals surface area contributed by atoms with Gasteiger partial charge in [0.1, 0.15) is 34.7 Å². The maximum atomic E-state index is 9.73. The van der Waals surface area contributed by atoms with Crippen LogP contribution in [-0.2, 0) is 0 Å². The lowest BCUT2D eigenvalue weighted by molar-refractivity contribution is 0.304. The smallest absolute Gasteiger partial charge is 0.142 e. The molecule has 33 heavy (non-hydrogen) atoms. The average molecular weight is 446 g/mol.